The van der Waals surface area contributed by atoms with Crippen molar-refractivity contribution in [3.63, 3.8) is 0 Å². The van der Waals surface area contributed by atoms with Crippen LogP contribution in [0.4, 0.5) is 11.4 Å². The van der Waals surface area contributed by atoms with Crippen LogP contribution in [0.25, 0.3) is 11.0 Å². The zero-order valence-corrected chi connectivity index (χ0v) is 12.9. The molecule has 0 bridgehead atoms. The molecule has 0 saturated heterocycles. The van der Waals surface area contributed by atoms with Gasteiger partial charge in [-0.3, -0.25) is 9.59 Å². The summed E-state index contributed by atoms with van der Waals surface area (Å²) in [6, 6.07) is 13.0. The van der Waals surface area contributed by atoms with Gasteiger partial charge in [0.05, 0.1) is 16.8 Å². The van der Waals surface area contributed by atoms with Crippen LogP contribution in [0.5, 0.6) is 0 Å². The lowest BCUT2D eigenvalue weighted by Gasteiger charge is -2.07. The Morgan fingerprint density at radius 1 is 1.14 bits per heavy atom. The van der Waals surface area contributed by atoms with Crippen molar-refractivity contribution in [3.05, 3.63) is 69.0 Å². The van der Waals surface area contributed by atoms with Crippen LogP contribution < -0.4 is 16.5 Å². The van der Waals surface area contributed by atoms with Crippen molar-refractivity contribution in [2.24, 2.45) is 0 Å². The number of rotatable bonds is 2. The second-order valence-electron chi connectivity index (χ2n) is 4.66. The minimum absolute atomic E-state index is 0.0666. The molecule has 0 aliphatic carbocycles. The van der Waals surface area contributed by atoms with E-state index in [1.165, 1.54) is 6.07 Å². The lowest BCUT2D eigenvalue weighted by Crippen LogP contribution is -2.15. The summed E-state index contributed by atoms with van der Waals surface area (Å²) in [7, 11) is 0. The number of carbonyl (C=O) groups is 1. The summed E-state index contributed by atoms with van der Waals surface area (Å²) in [5, 5.41) is 3.03. The molecule has 3 rings (SSSR count). The number of para-hydroxylation sites is 2. The van der Waals surface area contributed by atoms with Crippen molar-refractivity contribution in [1.29, 1.82) is 0 Å². The Bertz CT molecular complexity index is 934. The molecule has 1 amide bonds. The lowest BCUT2D eigenvalue weighted by molar-refractivity contribution is 0.0997. The van der Waals surface area contributed by atoms with E-state index < -0.39 is 5.91 Å². The highest BCUT2D eigenvalue weighted by Gasteiger charge is 2.13. The van der Waals surface area contributed by atoms with E-state index in [-0.39, 0.29) is 11.2 Å². The highest BCUT2D eigenvalue weighted by molar-refractivity contribution is 9.10. The zero-order chi connectivity index (χ0) is 15.7. The SMILES string of the molecule is Nc1ccccc1NC(=O)c1cc(=O)c2cc(Br)ccc2o1. The predicted octanol–water partition coefficient (Wildman–Crippen LogP) is 3.39. The summed E-state index contributed by atoms with van der Waals surface area (Å²) in [5.41, 5.74) is 6.73. The molecule has 0 aliphatic heterocycles. The summed E-state index contributed by atoms with van der Waals surface area (Å²) in [6.07, 6.45) is 0. The number of halogens is 1. The Balaban J connectivity index is 2.00. The first-order valence-corrected chi connectivity index (χ1v) is 7.23. The molecule has 0 unspecified atom stereocenters. The fraction of sp³-hybridized carbons (Fsp3) is 0. The van der Waals surface area contributed by atoms with Crippen molar-refractivity contribution < 1.29 is 9.21 Å². The number of carbonyl (C=O) groups excluding carboxylic acids is 1. The number of nitrogens with one attached hydrogen (secondary N) is 1. The predicted molar refractivity (Wildman–Crippen MR) is 89.0 cm³/mol. The zero-order valence-electron chi connectivity index (χ0n) is 11.3. The fourth-order valence-electron chi connectivity index (χ4n) is 2.04. The third-order valence-corrected chi connectivity index (χ3v) is 3.62. The lowest BCUT2D eigenvalue weighted by atomic mass is 10.2. The first kappa shape index (κ1) is 14.3. The molecule has 5 nitrogen and oxygen atoms in total. The molecule has 0 aliphatic rings. The topological polar surface area (TPSA) is 85.3 Å². The first-order valence-electron chi connectivity index (χ1n) is 6.44. The van der Waals surface area contributed by atoms with Crippen molar-refractivity contribution in [3.8, 4) is 0 Å². The molecule has 3 N–H and O–H groups in total. The summed E-state index contributed by atoms with van der Waals surface area (Å²) in [6.45, 7) is 0. The van der Waals surface area contributed by atoms with E-state index in [0.29, 0.717) is 22.3 Å². The van der Waals surface area contributed by atoms with Gasteiger partial charge in [0, 0.05) is 10.5 Å². The summed E-state index contributed by atoms with van der Waals surface area (Å²) in [5.74, 6) is -0.595. The quantitative estimate of drug-likeness (QED) is 0.687. The van der Waals surface area contributed by atoms with Crippen LogP contribution in [0, 0.1) is 0 Å². The Hall–Kier alpha value is -2.60. The molecular formula is C16H11BrN2O3. The fourth-order valence-corrected chi connectivity index (χ4v) is 2.40. The van der Waals surface area contributed by atoms with Crippen LogP contribution in [-0.2, 0) is 0 Å². The van der Waals surface area contributed by atoms with E-state index in [9.17, 15) is 9.59 Å². The normalized spacial score (nSPS) is 10.6. The van der Waals surface area contributed by atoms with Gasteiger partial charge in [-0.25, -0.2) is 0 Å². The monoisotopic (exact) mass is 358 g/mol. The van der Waals surface area contributed by atoms with Gasteiger partial charge in [0.1, 0.15) is 5.58 Å². The van der Waals surface area contributed by atoms with Gasteiger partial charge in [0.2, 0.25) is 0 Å². The molecular weight excluding hydrogens is 348 g/mol. The van der Waals surface area contributed by atoms with Crippen molar-refractivity contribution in [1.82, 2.24) is 0 Å². The third kappa shape index (κ3) is 2.73. The van der Waals surface area contributed by atoms with E-state index >= 15 is 0 Å². The van der Waals surface area contributed by atoms with Gasteiger partial charge >= 0.3 is 0 Å². The van der Waals surface area contributed by atoms with Gasteiger partial charge in [0.25, 0.3) is 5.91 Å². The van der Waals surface area contributed by atoms with Gasteiger partial charge in [0.15, 0.2) is 11.2 Å². The second kappa shape index (κ2) is 5.65. The minimum Gasteiger partial charge on any atom is -0.451 e. The molecule has 0 radical (unpaired) electrons. The van der Waals surface area contributed by atoms with Crippen LogP contribution in [0.15, 0.2) is 62.2 Å². The van der Waals surface area contributed by atoms with E-state index in [0.717, 1.165) is 4.47 Å². The highest BCUT2D eigenvalue weighted by Crippen LogP contribution is 2.20. The Labute approximate surface area is 133 Å². The summed E-state index contributed by atoms with van der Waals surface area (Å²) in [4.78, 5) is 24.3. The van der Waals surface area contributed by atoms with Gasteiger partial charge in [-0.05, 0) is 30.3 Å². The highest BCUT2D eigenvalue weighted by atomic mass is 79.9. The van der Waals surface area contributed by atoms with Crippen LogP contribution in [0.2, 0.25) is 0 Å². The average molecular weight is 359 g/mol. The average Bonchev–Trinajstić information content (AvgIpc) is 2.50. The number of hydrogen-bond donors (Lipinski definition) is 2. The van der Waals surface area contributed by atoms with Crippen molar-refractivity contribution in [2.75, 3.05) is 11.1 Å². The largest absolute Gasteiger partial charge is 0.451 e. The smallest absolute Gasteiger partial charge is 0.291 e. The maximum atomic E-state index is 12.2. The van der Waals surface area contributed by atoms with Crippen molar-refractivity contribution in [2.45, 2.75) is 0 Å². The number of amides is 1. The van der Waals surface area contributed by atoms with E-state index in [4.69, 9.17) is 10.2 Å². The van der Waals surface area contributed by atoms with E-state index in [1.807, 2.05) is 0 Å². The van der Waals surface area contributed by atoms with Gasteiger partial charge in [-0.2, -0.15) is 0 Å². The van der Waals surface area contributed by atoms with Crippen molar-refractivity contribution >= 4 is 44.2 Å². The second-order valence-corrected chi connectivity index (χ2v) is 5.57. The molecule has 22 heavy (non-hydrogen) atoms. The number of hydrogen-bond acceptors (Lipinski definition) is 4. The molecule has 2 aromatic carbocycles. The third-order valence-electron chi connectivity index (χ3n) is 3.12. The Kier molecular flexibility index (Phi) is 3.68. The number of benzene rings is 2. The van der Waals surface area contributed by atoms with Crippen LogP contribution in [0.1, 0.15) is 10.6 Å². The number of nitrogens with two attached hydrogens (primary N) is 1. The molecule has 0 spiro atoms. The van der Waals surface area contributed by atoms with E-state index in [2.05, 4.69) is 21.2 Å². The van der Waals surface area contributed by atoms with Crippen LogP contribution >= 0.6 is 15.9 Å². The molecule has 110 valence electrons. The molecule has 0 fully saturated rings. The molecule has 0 saturated carbocycles. The maximum Gasteiger partial charge on any atom is 0.291 e. The molecule has 1 heterocycles. The number of anilines is 2. The Morgan fingerprint density at radius 2 is 1.91 bits per heavy atom. The molecule has 6 heteroatoms. The van der Waals surface area contributed by atoms with Crippen LogP contribution in [-0.4, -0.2) is 5.91 Å². The molecule has 3 aromatic rings. The van der Waals surface area contributed by atoms with Gasteiger partial charge in [-0.1, -0.05) is 28.1 Å². The Morgan fingerprint density at radius 3 is 2.68 bits per heavy atom. The first-order chi connectivity index (χ1) is 10.5. The molecule has 0 atom stereocenters. The minimum atomic E-state index is -0.528. The molecule has 1 aromatic heterocycles. The number of nitrogen functional groups attached to an aromatic ring is 1. The van der Waals surface area contributed by atoms with Crippen LogP contribution in [0.3, 0.4) is 0 Å². The summed E-state index contributed by atoms with van der Waals surface area (Å²) >= 11 is 3.29. The van der Waals surface area contributed by atoms with Gasteiger partial charge < -0.3 is 15.5 Å². The number of fused-ring (bicyclic) bond motifs is 1. The maximum absolute atomic E-state index is 12.2. The van der Waals surface area contributed by atoms with Gasteiger partial charge in [-0.15, -0.1) is 0 Å². The summed E-state index contributed by atoms with van der Waals surface area (Å²) < 4.78 is 6.26. The standard InChI is InChI=1S/C16H11BrN2O3/c17-9-5-6-14-10(7-9)13(20)8-15(22-14)16(21)19-12-4-2-1-3-11(12)18/h1-8H,18H2,(H,19,21). The van der Waals surface area contributed by atoms with E-state index in [1.54, 1.807) is 42.5 Å².